The summed E-state index contributed by atoms with van der Waals surface area (Å²) in [6.45, 7) is 6.32. The maximum absolute atomic E-state index is 5.73. The van der Waals surface area contributed by atoms with E-state index in [0.29, 0.717) is 0 Å². The van der Waals surface area contributed by atoms with E-state index in [1.165, 1.54) is 89.9 Å². The van der Waals surface area contributed by atoms with E-state index in [9.17, 15) is 0 Å². The van der Waals surface area contributed by atoms with E-state index in [1.807, 2.05) is 0 Å². The Morgan fingerprint density at radius 1 is 0.750 bits per heavy atom. The van der Waals surface area contributed by atoms with Crippen molar-refractivity contribution in [2.75, 3.05) is 13.2 Å². The number of hydrogen-bond donors (Lipinski definition) is 0. The average Bonchev–Trinajstić information content (AvgIpc) is 2.70. The van der Waals surface area contributed by atoms with Crippen LogP contribution in [0, 0.1) is 17.8 Å². The van der Waals surface area contributed by atoms with Crippen LogP contribution in [-0.4, -0.2) is 19.5 Å². The van der Waals surface area contributed by atoms with Crippen molar-refractivity contribution in [1.29, 1.82) is 0 Å². The molecule has 0 saturated carbocycles. The largest absolute Gasteiger partial charge is 0.353 e. The van der Waals surface area contributed by atoms with Crippen molar-refractivity contribution in [2.24, 2.45) is 5.92 Å². The van der Waals surface area contributed by atoms with E-state index < -0.39 is 0 Å². The van der Waals surface area contributed by atoms with Gasteiger partial charge in [-0.1, -0.05) is 84.5 Å². The van der Waals surface area contributed by atoms with Crippen molar-refractivity contribution in [3.63, 3.8) is 0 Å². The molecule has 1 fully saturated rings. The van der Waals surface area contributed by atoms with Gasteiger partial charge < -0.3 is 9.47 Å². The molecule has 0 radical (unpaired) electrons. The maximum atomic E-state index is 5.73. The van der Waals surface area contributed by atoms with Gasteiger partial charge in [-0.05, 0) is 38.0 Å². The SMILES string of the molecule is CC(C)CCCCCCCCCCCCCC#CCCCOC1CCCCO1. The van der Waals surface area contributed by atoms with Gasteiger partial charge in [0.25, 0.3) is 0 Å². The van der Waals surface area contributed by atoms with E-state index >= 15 is 0 Å². The molecule has 1 saturated heterocycles. The molecule has 1 aliphatic heterocycles. The van der Waals surface area contributed by atoms with Crippen LogP contribution in [0.4, 0.5) is 0 Å². The van der Waals surface area contributed by atoms with Gasteiger partial charge in [0.15, 0.2) is 6.29 Å². The lowest BCUT2D eigenvalue weighted by molar-refractivity contribution is -0.162. The van der Waals surface area contributed by atoms with Gasteiger partial charge in [-0.25, -0.2) is 0 Å². The van der Waals surface area contributed by atoms with Crippen molar-refractivity contribution in [2.45, 2.75) is 136 Å². The standard InChI is InChI=1S/C26H48O2/c1-25(2)21-17-15-13-11-9-7-5-3-4-6-8-10-12-14-16-19-23-27-26-22-18-20-24-28-26/h25-26H,3-11,13,15-24H2,1-2H3. The quantitative estimate of drug-likeness (QED) is 0.184. The summed E-state index contributed by atoms with van der Waals surface area (Å²) in [6.07, 6.45) is 23.6. The molecule has 1 unspecified atom stereocenters. The molecular weight excluding hydrogens is 344 g/mol. The third-order valence-electron chi connectivity index (χ3n) is 5.60. The van der Waals surface area contributed by atoms with Crippen LogP contribution in [0.25, 0.3) is 0 Å². The first-order chi connectivity index (χ1) is 13.8. The van der Waals surface area contributed by atoms with E-state index in [-0.39, 0.29) is 6.29 Å². The summed E-state index contributed by atoms with van der Waals surface area (Å²) in [5, 5.41) is 0. The molecule has 1 heterocycles. The fourth-order valence-electron chi connectivity index (χ4n) is 3.75. The zero-order chi connectivity index (χ0) is 20.1. The van der Waals surface area contributed by atoms with E-state index in [0.717, 1.165) is 44.8 Å². The summed E-state index contributed by atoms with van der Waals surface area (Å²) in [5.74, 6) is 7.51. The smallest absolute Gasteiger partial charge is 0.157 e. The number of hydrogen-bond acceptors (Lipinski definition) is 2. The molecule has 0 spiro atoms. The van der Waals surface area contributed by atoms with Crippen LogP contribution in [0.1, 0.15) is 129 Å². The summed E-state index contributed by atoms with van der Waals surface area (Å²) >= 11 is 0. The molecule has 0 aromatic rings. The third-order valence-corrected chi connectivity index (χ3v) is 5.60. The lowest BCUT2D eigenvalue weighted by Gasteiger charge is -2.22. The normalized spacial score (nSPS) is 16.9. The molecule has 1 atom stereocenters. The van der Waals surface area contributed by atoms with Crippen LogP contribution in [0.15, 0.2) is 0 Å². The molecule has 0 aromatic carbocycles. The lowest BCUT2D eigenvalue weighted by Crippen LogP contribution is -2.22. The van der Waals surface area contributed by atoms with Gasteiger partial charge in [0, 0.05) is 19.4 Å². The minimum absolute atomic E-state index is 0.0522. The summed E-state index contributed by atoms with van der Waals surface area (Å²) < 4.78 is 11.3. The highest BCUT2D eigenvalue weighted by molar-refractivity contribution is 4.98. The van der Waals surface area contributed by atoms with E-state index in [2.05, 4.69) is 25.7 Å². The zero-order valence-corrected chi connectivity index (χ0v) is 19.1. The van der Waals surface area contributed by atoms with Crippen LogP contribution in [0.5, 0.6) is 0 Å². The van der Waals surface area contributed by atoms with E-state index in [1.54, 1.807) is 0 Å². The minimum Gasteiger partial charge on any atom is -0.353 e. The second-order valence-electron chi connectivity index (χ2n) is 8.95. The van der Waals surface area contributed by atoms with Crippen LogP contribution in [0.2, 0.25) is 0 Å². The highest BCUT2D eigenvalue weighted by Gasteiger charge is 2.12. The Balaban J connectivity index is 1.71. The van der Waals surface area contributed by atoms with Crippen molar-refractivity contribution in [3.8, 4) is 11.8 Å². The van der Waals surface area contributed by atoms with Gasteiger partial charge >= 0.3 is 0 Å². The molecule has 164 valence electrons. The van der Waals surface area contributed by atoms with Gasteiger partial charge in [-0.2, -0.15) is 0 Å². The Bertz CT molecular complexity index is 374. The van der Waals surface area contributed by atoms with Crippen molar-refractivity contribution < 1.29 is 9.47 Å². The van der Waals surface area contributed by atoms with Crippen LogP contribution in [-0.2, 0) is 9.47 Å². The Hall–Kier alpha value is -0.520. The Morgan fingerprint density at radius 3 is 1.89 bits per heavy atom. The second-order valence-corrected chi connectivity index (χ2v) is 8.95. The molecule has 1 rings (SSSR count). The monoisotopic (exact) mass is 392 g/mol. The third kappa shape index (κ3) is 17.6. The van der Waals surface area contributed by atoms with Crippen LogP contribution in [0.3, 0.4) is 0 Å². The molecule has 0 aromatic heterocycles. The highest BCUT2D eigenvalue weighted by Crippen LogP contribution is 2.15. The molecule has 28 heavy (non-hydrogen) atoms. The minimum atomic E-state index is 0.0522. The Kier molecular flexibility index (Phi) is 18.0. The van der Waals surface area contributed by atoms with Crippen molar-refractivity contribution >= 4 is 0 Å². The number of unbranched alkanes of at least 4 members (excludes halogenated alkanes) is 12. The number of ether oxygens (including phenoxy) is 2. The Morgan fingerprint density at radius 2 is 1.32 bits per heavy atom. The van der Waals surface area contributed by atoms with Gasteiger partial charge in [0.2, 0.25) is 0 Å². The maximum Gasteiger partial charge on any atom is 0.157 e. The lowest BCUT2D eigenvalue weighted by atomic mass is 10.0. The summed E-state index contributed by atoms with van der Waals surface area (Å²) in [5.41, 5.74) is 0. The first kappa shape index (κ1) is 25.5. The van der Waals surface area contributed by atoms with Crippen molar-refractivity contribution in [3.05, 3.63) is 0 Å². The van der Waals surface area contributed by atoms with Gasteiger partial charge in [-0.15, -0.1) is 11.8 Å². The molecule has 0 N–H and O–H groups in total. The molecule has 0 amide bonds. The summed E-state index contributed by atoms with van der Waals surface area (Å²) in [6, 6.07) is 0. The second kappa shape index (κ2) is 19.8. The molecule has 2 heteroatoms. The molecule has 0 bridgehead atoms. The first-order valence-corrected chi connectivity index (χ1v) is 12.5. The number of rotatable bonds is 17. The zero-order valence-electron chi connectivity index (χ0n) is 19.1. The Labute approximate surface area is 176 Å². The first-order valence-electron chi connectivity index (χ1n) is 12.5. The molecule has 0 aliphatic carbocycles. The van der Waals surface area contributed by atoms with Crippen LogP contribution >= 0.6 is 0 Å². The van der Waals surface area contributed by atoms with Gasteiger partial charge in [0.05, 0.1) is 6.61 Å². The average molecular weight is 393 g/mol. The van der Waals surface area contributed by atoms with Gasteiger partial charge in [0.1, 0.15) is 0 Å². The van der Waals surface area contributed by atoms with Crippen molar-refractivity contribution in [1.82, 2.24) is 0 Å². The highest BCUT2D eigenvalue weighted by atomic mass is 16.7. The fraction of sp³-hybridized carbons (Fsp3) is 0.923. The summed E-state index contributed by atoms with van der Waals surface area (Å²) in [4.78, 5) is 0. The van der Waals surface area contributed by atoms with E-state index in [4.69, 9.17) is 9.47 Å². The predicted molar refractivity (Wildman–Crippen MR) is 121 cm³/mol. The molecule has 2 nitrogen and oxygen atoms in total. The summed E-state index contributed by atoms with van der Waals surface area (Å²) in [7, 11) is 0. The van der Waals surface area contributed by atoms with Gasteiger partial charge in [-0.3, -0.25) is 0 Å². The molecule has 1 aliphatic rings. The van der Waals surface area contributed by atoms with Crippen LogP contribution < -0.4 is 0 Å². The topological polar surface area (TPSA) is 18.5 Å². The predicted octanol–water partition coefficient (Wildman–Crippen LogP) is 8.04. The fourth-order valence-corrected chi connectivity index (χ4v) is 3.75. The molecular formula is C26H48O2.